The van der Waals surface area contributed by atoms with E-state index in [-0.39, 0.29) is 31.4 Å². The highest BCUT2D eigenvalue weighted by atomic mass is 32.2. The minimum atomic E-state index is -4.79. The summed E-state index contributed by atoms with van der Waals surface area (Å²) < 4.78 is 78.2. The Hall–Kier alpha value is -3.10. The van der Waals surface area contributed by atoms with Crippen LogP contribution < -0.4 is 19.4 Å². The maximum atomic E-state index is 13.8. The van der Waals surface area contributed by atoms with Crippen molar-refractivity contribution in [1.29, 1.82) is 0 Å². The summed E-state index contributed by atoms with van der Waals surface area (Å²) >= 11 is 0. The van der Waals surface area contributed by atoms with Crippen LogP contribution in [-0.4, -0.2) is 47.6 Å². The zero-order valence-corrected chi connectivity index (χ0v) is 24.8. The van der Waals surface area contributed by atoms with Gasteiger partial charge in [-0.3, -0.25) is 0 Å². The summed E-state index contributed by atoms with van der Waals surface area (Å²) in [6.45, 7) is 6.18. The lowest BCUT2D eigenvalue weighted by Gasteiger charge is -2.35. The number of halogens is 3. The summed E-state index contributed by atoms with van der Waals surface area (Å²) in [7, 11) is -8.40. The Kier molecular flexibility index (Phi) is 9.21. The predicted molar refractivity (Wildman–Crippen MR) is 149 cm³/mol. The van der Waals surface area contributed by atoms with Gasteiger partial charge in [-0.1, -0.05) is 12.1 Å². The molecule has 3 aromatic rings. The molecular weight excluding hydrogens is 584 g/mol. The Labute approximate surface area is 236 Å². The van der Waals surface area contributed by atoms with Crippen LogP contribution in [0.15, 0.2) is 48.8 Å². The van der Waals surface area contributed by atoms with Gasteiger partial charge in [0.05, 0.1) is 30.1 Å². The van der Waals surface area contributed by atoms with Gasteiger partial charge in [0.25, 0.3) is 10.0 Å². The van der Waals surface area contributed by atoms with Crippen LogP contribution in [0.5, 0.6) is 0 Å². The fraction of sp³-hybridized carbons (Fsp3) is 0.400. The molecule has 2 aromatic heterocycles. The molecule has 16 heteroatoms. The van der Waals surface area contributed by atoms with Gasteiger partial charge in [0.2, 0.25) is 11.8 Å². The predicted octanol–water partition coefficient (Wildman–Crippen LogP) is 4.33. The molecule has 0 amide bonds. The Morgan fingerprint density at radius 2 is 1.68 bits per heavy atom. The average Bonchev–Trinajstić information content (AvgIpc) is 2.87. The molecule has 3 rings (SSSR count). The quantitative estimate of drug-likeness (QED) is 0.209. The van der Waals surface area contributed by atoms with Gasteiger partial charge in [-0.15, -0.1) is 0 Å². The average molecular weight is 617 g/mol. The van der Waals surface area contributed by atoms with E-state index in [1.54, 1.807) is 26.0 Å². The summed E-state index contributed by atoms with van der Waals surface area (Å²) in [5.74, 6) is -0.526. The second kappa shape index (κ2) is 11.6. The van der Waals surface area contributed by atoms with E-state index in [0.29, 0.717) is 23.0 Å². The highest BCUT2D eigenvalue weighted by molar-refractivity contribution is 7.90. The van der Waals surface area contributed by atoms with E-state index in [2.05, 4.69) is 25.6 Å². The van der Waals surface area contributed by atoms with Crippen LogP contribution in [0.4, 0.5) is 36.4 Å². The van der Waals surface area contributed by atoms with Crippen LogP contribution in [0, 0.1) is 0 Å². The molecule has 1 unspecified atom stereocenters. The summed E-state index contributed by atoms with van der Waals surface area (Å²) in [5.41, 5.74) is -0.102. The number of sulfonamides is 1. The molecule has 0 fully saturated rings. The van der Waals surface area contributed by atoms with Gasteiger partial charge in [-0.25, -0.2) is 9.97 Å². The van der Waals surface area contributed by atoms with Crippen molar-refractivity contribution in [3.05, 3.63) is 65.5 Å². The monoisotopic (exact) mass is 616 g/mol. The molecule has 224 valence electrons. The van der Waals surface area contributed by atoms with Crippen molar-refractivity contribution in [3.63, 3.8) is 0 Å². The largest absolute Gasteiger partial charge is 0.778 e. The Bertz CT molecular complexity index is 1540. The number of hydrogen-bond acceptors (Lipinski definition) is 9. The van der Waals surface area contributed by atoms with E-state index in [4.69, 9.17) is 0 Å². The Morgan fingerprint density at radius 1 is 1.07 bits per heavy atom. The third kappa shape index (κ3) is 6.70. The van der Waals surface area contributed by atoms with Crippen molar-refractivity contribution in [1.82, 2.24) is 18.8 Å². The van der Waals surface area contributed by atoms with Gasteiger partial charge >= 0.3 is 6.18 Å². The van der Waals surface area contributed by atoms with Crippen LogP contribution in [-0.2, 0) is 32.5 Å². The molecule has 0 radical (unpaired) electrons. The van der Waals surface area contributed by atoms with Crippen LogP contribution in [0.1, 0.15) is 44.4 Å². The molecule has 0 aliphatic heterocycles. The number of aromatic nitrogens is 3. The number of anilines is 3. The molecule has 0 saturated heterocycles. The zero-order valence-electron chi connectivity index (χ0n) is 23.1. The summed E-state index contributed by atoms with van der Waals surface area (Å²) in [6, 6.07) is 8.99. The highest BCUT2D eigenvalue weighted by Gasteiger charge is 2.41. The minimum absolute atomic E-state index is 0.162. The third-order valence-electron chi connectivity index (χ3n) is 7.00. The maximum absolute atomic E-state index is 13.8. The van der Waals surface area contributed by atoms with Gasteiger partial charge < -0.3 is 25.0 Å². The molecule has 3 N–H and O–H groups in total. The zero-order chi connectivity index (χ0) is 30.9. The van der Waals surface area contributed by atoms with E-state index >= 15 is 0 Å². The van der Waals surface area contributed by atoms with Crippen molar-refractivity contribution < 1.29 is 35.9 Å². The maximum Gasteiger partial charge on any atom is 0.421 e. The second-order valence-corrected chi connectivity index (χ2v) is 14.2. The Balaban J connectivity index is 1.95. The number of nitrogens with one attached hydrogen (secondary N) is 2. The molecular formula is C25H32F3N6O5PS. The molecule has 41 heavy (non-hydrogen) atoms. The van der Waals surface area contributed by atoms with Crippen molar-refractivity contribution in [2.24, 2.45) is 0 Å². The summed E-state index contributed by atoms with van der Waals surface area (Å²) in [6.07, 6.45) is -1.65. The summed E-state index contributed by atoms with van der Waals surface area (Å²) in [5, 5.41) is 3.89. The fourth-order valence-electron chi connectivity index (χ4n) is 4.30. The molecule has 0 saturated carbocycles. The first-order valence-electron chi connectivity index (χ1n) is 12.5. The van der Waals surface area contributed by atoms with Gasteiger partial charge in [0.15, 0.2) is 0 Å². The molecule has 1 atom stereocenters. The van der Waals surface area contributed by atoms with Crippen molar-refractivity contribution >= 4 is 40.9 Å². The number of alkyl halides is 3. The normalized spacial score (nSPS) is 14.4. The lowest BCUT2D eigenvalue weighted by Crippen LogP contribution is -2.54. The van der Waals surface area contributed by atoms with Crippen molar-refractivity contribution in [3.8, 4) is 0 Å². The second-order valence-electron chi connectivity index (χ2n) is 9.83. The molecule has 0 aliphatic rings. The van der Waals surface area contributed by atoms with Gasteiger partial charge in [-0.2, -0.15) is 30.5 Å². The number of nitrogens with zero attached hydrogens (tertiary/aromatic N) is 4. The minimum Gasteiger partial charge on any atom is -0.778 e. The van der Waals surface area contributed by atoms with Crippen molar-refractivity contribution in [2.45, 2.75) is 45.6 Å². The fourth-order valence-corrected chi connectivity index (χ4v) is 6.19. The van der Waals surface area contributed by atoms with Crippen molar-refractivity contribution in [2.75, 3.05) is 30.0 Å². The van der Waals surface area contributed by atoms with E-state index in [1.807, 2.05) is 0 Å². The number of benzene rings is 1. The van der Waals surface area contributed by atoms with Crippen LogP contribution in [0.3, 0.4) is 0 Å². The standard InChI is InChI=1S/C25H32F3N6O5PS/c1-6-34(7-2,41(5,38)39)22-17(9-8-14-29-22)15-30-21-20(25(26,27)28)16-31-23(33-21)32-19-12-10-18(11-13-19)24(3,4)40(35,36)37/h8-14,16H,6-7,15H2,1-5H3,(H3-,30,31,32,33,35,36,37). The first-order valence-corrected chi connectivity index (χ1v) is 15.9. The molecule has 1 aromatic carbocycles. The number of quaternary nitrogens is 1. The SMILES string of the molecule is CC[N+](CC)(c1ncccc1CNc1nc(Nc2ccc(C(C)(C)P(=O)([O-])O)cc2)ncc1C(F)(F)F)S(C)(=O)=O. The molecule has 0 aliphatic carbocycles. The number of rotatable bonds is 11. The van der Waals surface area contributed by atoms with Gasteiger partial charge in [-0.05, 0) is 57.5 Å². The molecule has 11 nitrogen and oxygen atoms in total. The van der Waals surface area contributed by atoms with Crippen LogP contribution in [0.2, 0.25) is 0 Å². The lowest BCUT2D eigenvalue weighted by atomic mass is 10.0. The van der Waals surface area contributed by atoms with Gasteiger partial charge in [0, 0.05) is 24.6 Å². The summed E-state index contributed by atoms with van der Waals surface area (Å²) in [4.78, 5) is 33.3. The topological polar surface area (TPSA) is 157 Å². The smallest absolute Gasteiger partial charge is 0.421 e. The molecule has 2 heterocycles. The van der Waals surface area contributed by atoms with E-state index in [1.165, 1.54) is 44.3 Å². The number of pyridine rings is 1. The van der Waals surface area contributed by atoms with Gasteiger partial charge in [0.1, 0.15) is 19.0 Å². The lowest BCUT2D eigenvalue weighted by molar-refractivity contribution is -0.199. The van der Waals surface area contributed by atoms with E-state index < -0.39 is 44.2 Å². The molecule has 0 bridgehead atoms. The first kappa shape index (κ1) is 32.4. The highest BCUT2D eigenvalue weighted by Crippen LogP contribution is 2.53. The van der Waals surface area contributed by atoms with Crippen LogP contribution >= 0.6 is 7.60 Å². The Morgan fingerprint density at radius 3 is 2.20 bits per heavy atom. The van der Waals surface area contributed by atoms with E-state index in [9.17, 15) is 35.9 Å². The van der Waals surface area contributed by atoms with E-state index in [0.717, 1.165) is 6.26 Å². The number of hydrogen-bond donors (Lipinski definition) is 3. The third-order valence-corrected chi connectivity index (χ3v) is 10.6. The van der Waals surface area contributed by atoms with Crippen LogP contribution in [0.25, 0.3) is 0 Å². The molecule has 0 spiro atoms. The first-order chi connectivity index (χ1) is 18.9.